The van der Waals surface area contributed by atoms with Gasteiger partial charge in [0.1, 0.15) is 11.6 Å². The molecule has 0 fully saturated rings. The highest BCUT2D eigenvalue weighted by molar-refractivity contribution is 6.33. The zero-order chi connectivity index (χ0) is 14.0. The number of hydrogen-bond donors (Lipinski definition) is 1. The van der Waals surface area contributed by atoms with Gasteiger partial charge >= 0.3 is 0 Å². The van der Waals surface area contributed by atoms with Crippen LogP contribution in [0.4, 0.5) is 8.78 Å². The third-order valence-electron chi connectivity index (χ3n) is 3.14. The van der Waals surface area contributed by atoms with E-state index in [2.05, 4.69) is 5.32 Å². The van der Waals surface area contributed by atoms with Gasteiger partial charge in [0.25, 0.3) is 0 Å². The van der Waals surface area contributed by atoms with E-state index in [1.54, 1.807) is 12.1 Å². The summed E-state index contributed by atoms with van der Waals surface area (Å²) in [7, 11) is 1.82. The molecule has 2 rings (SSSR count). The van der Waals surface area contributed by atoms with Crippen molar-refractivity contribution in [1.29, 1.82) is 0 Å². The molecule has 19 heavy (non-hydrogen) atoms. The fourth-order valence-electron chi connectivity index (χ4n) is 2.00. The zero-order valence-electron chi connectivity index (χ0n) is 10.7. The van der Waals surface area contributed by atoms with Gasteiger partial charge in [-0.1, -0.05) is 17.7 Å². The van der Waals surface area contributed by atoms with Gasteiger partial charge in [-0.2, -0.15) is 0 Å². The van der Waals surface area contributed by atoms with Crippen LogP contribution in [0.25, 0.3) is 11.1 Å². The SMILES string of the molecule is CNC(C)c1ccc(F)cc1-c1ccc(F)cc1Cl. The number of nitrogens with one attached hydrogen (secondary N) is 1. The molecule has 1 N–H and O–H groups in total. The Kier molecular flexibility index (Phi) is 4.17. The number of halogens is 3. The normalized spacial score (nSPS) is 12.5. The molecule has 0 aliphatic heterocycles. The molecule has 0 aliphatic carbocycles. The van der Waals surface area contributed by atoms with Crippen LogP contribution in [0, 0.1) is 11.6 Å². The first-order chi connectivity index (χ1) is 9.02. The lowest BCUT2D eigenvalue weighted by molar-refractivity contribution is 0.620. The smallest absolute Gasteiger partial charge is 0.124 e. The standard InChI is InChI=1S/C15H14ClF2N/c1-9(19-2)12-5-3-10(17)7-14(12)13-6-4-11(18)8-15(13)16/h3-9,19H,1-2H3. The average Bonchev–Trinajstić information content (AvgIpc) is 2.38. The maximum atomic E-state index is 13.5. The van der Waals surface area contributed by atoms with Crippen LogP contribution in [-0.4, -0.2) is 7.05 Å². The van der Waals surface area contributed by atoms with Crippen molar-refractivity contribution in [2.24, 2.45) is 0 Å². The summed E-state index contributed by atoms with van der Waals surface area (Å²) in [4.78, 5) is 0. The molecule has 0 aliphatic rings. The van der Waals surface area contributed by atoms with Gasteiger partial charge in [-0.3, -0.25) is 0 Å². The Morgan fingerprint density at radius 3 is 2.26 bits per heavy atom. The lowest BCUT2D eigenvalue weighted by Gasteiger charge is -2.17. The Morgan fingerprint density at radius 1 is 1.00 bits per heavy atom. The second-order valence-electron chi connectivity index (χ2n) is 4.37. The van der Waals surface area contributed by atoms with Crippen molar-refractivity contribution in [3.8, 4) is 11.1 Å². The van der Waals surface area contributed by atoms with Crippen molar-refractivity contribution in [1.82, 2.24) is 5.32 Å². The molecular weight excluding hydrogens is 268 g/mol. The van der Waals surface area contributed by atoms with E-state index in [1.165, 1.54) is 24.3 Å². The molecule has 1 nitrogen and oxygen atoms in total. The molecule has 4 heteroatoms. The first-order valence-electron chi connectivity index (χ1n) is 5.95. The van der Waals surface area contributed by atoms with Crippen LogP contribution >= 0.6 is 11.6 Å². The highest BCUT2D eigenvalue weighted by Gasteiger charge is 2.14. The van der Waals surface area contributed by atoms with E-state index < -0.39 is 5.82 Å². The Labute approximate surface area is 116 Å². The van der Waals surface area contributed by atoms with Crippen molar-refractivity contribution in [3.05, 3.63) is 58.6 Å². The minimum Gasteiger partial charge on any atom is -0.313 e. The van der Waals surface area contributed by atoms with E-state index in [9.17, 15) is 8.78 Å². The van der Waals surface area contributed by atoms with Crippen LogP contribution in [0.15, 0.2) is 36.4 Å². The molecule has 0 saturated heterocycles. The lowest BCUT2D eigenvalue weighted by Crippen LogP contribution is -2.13. The molecule has 100 valence electrons. The molecule has 2 aromatic carbocycles. The van der Waals surface area contributed by atoms with E-state index in [1.807, 2.05) is 14.0 Å². The van der Waals surface area contributed by atoms with Gasteiger partial charge in [-0.05, 0) is 55.4 Å². The average molecular weight is 282 g/mol. The quantitative estimate of drug-likeness (QED) is 0.869. The first kappa shape index (κ1) is 14.0. The molecule has 1 unspecified atom stereocenters. The summed E-state index contributed by atoms with van der Waals surface area (Å²) in [6, 6.07) is 8.70. The third-order valence-corrected chi connectivity index (χ3v) is 3.45. The topological polar surface area (TPSA) is 12.0 Å². The lowest BCUT2D eigenvalue weighted by atomic mass is 9.95. The van der Waals surface area contributed by atoms with Gasteiger partial charge in [0.2, 0.25) is 0 Å². The first-order valence-corrected chi connectivity index (χ1v) is 6.33. The molecule has 0 heterocycles. The molecule has 2 aromatic rings. The van der Waals surface area contributed by atoms with Crippen LogP contribution in [0.5, 0.6) is 0 Å². The van der Waals surface area contributed by atoms with Crippen molar-refractivity contribution >= 4 is 11.6 Å². The summed E-state index contributed by atoms with van der Waals surface area (Å²) < 4.78 is 26.6. The van der Waals surface area contributed by atoms with E-state index >= 15 is 0 Å². The molecule has 0 radical (unpaired) electrons. The molecule has 1 atom stereocenters. The largest absolute Gasteiger partial charge is 0.313 e. The summed E-state index contributed by atoms with van der Waals surface area (Å²) in [6.07, 6.45) is 0. The van der Waals surface area contributed by atoms with Crippen LogP contribution in [-0.2, 0) is 0 Å². The zero-order valence-corrected chi connectivity index (χ0v) is 11.4. The second kappa shape index (κ2) is 5.68. The highest BCUT2D eigenvalue weighted by atomic mass is 35.5. The number of hydrogen-bond acceptors (Lipinski definition) is 1. The maximum Gasteiger partial charge on any atom is 0.124 e. The highest BCUT2D eigenvalue weighted by Crippen LogP contribution is 2.34. The van der Waals surface area contributed by atoms with Crippen molar-refractivity contribution in [2.75, 3.05) is 7.05 Å². The molecule has 0 bridgehead atoms. The number of benzene rings is 2. The molecule has 0 aromatic heterocycles. The monoisotopic (exact) mass is 281 g/mol. The van der Waals surface area contributed by atoms with E-state index in [4.69, 9.17) is 11.6 Å². The minimum atomic E-state index is -0.409. The third kappa shape index (κ3) is 2.94. The van der Waals surface area contributed by atoms with Crippen LogP contribution in [0.2, 0.25) is 5.02 Å². The van der Waals surface area contributed by atoms with Gasteiger partial charge in [-0.25, -0.2) is 8.78 Å². The van der Waals surface area contributed by atoms with Crippen molar-refractivity contribution in [2.45, 2.75) is 13.0 Å². The van der Waals surface area contributed by atoms with Gasteiger partial charge in [-0.15, -0.1) is 0 Å². The molecule has 0 spiro atoms. The molecular formula is C15H14ClF2N. The minimum absolute atomic E-state index is 0.0386. The predicted molar refractivity (Wildman–Crippen MR) is 74.3 cm³/mol. The van der Waals surface area contributed by atoms with Crippen molar-refractivity contribution in [3.63, 3.8) is 0 Å². The predicted octanol–water partition coefficient (Wildman–Crippen LogP) is 4.57. The summed E-state index contributed by atoms with van der Waals surface area (Å²) in [6.45, 7) is 1.97. The Balaban J connectivity index is 2.62. The van der Waals surface area contributed by atoms with Gasteiger partial charge in [0.05, 0.1) is 5.02 Å². The Bertz CT molecular complexity index is 599. The van der Waals surface area contributed by atoms with Gasteiger partial charge in [0, 0.05) is 11.6 Å². The summed E-state index contributed by atoms with van der Waals surface area (Å²) in [5.41, 5.74) is 2.21. The Morgan fingerprint density at radius 2 is 1.63 bits per heavy atom. The molecule has 0 amide bonds. The fourth-order valence-corrected chi connectivity index (χ4v) is 2.27. The summed E-state index contributed by atoms with van der Waals surface area (Å²) in [5, 5.41) is 3.38. The van der Waals surface area contributed by atoms with Crippen LogP contribution in [0.3, 0.4) is 0 Å². The van der Waals surface area contributed by atoms with Crippen LogP contribution in [0.1, 0.15) is 18.5 Å². The van der Waals surface area contributed by atoms with E-state index in [-0.39, 0.29) is 16.9 Å². The molecule has 0 saturated carbocycles. The summed E-state index contributed by atoms with van der Waals surface area (Å²) in [5.74, 6) is -0.754. The van der Waals surface area contributed by atoms with Crippen molar-refractivity contribution < 1.29 is 8.78 Å². The fraction of sp³-hybridized carbons (Fsp3) is 0.200. The van der Waals surface area contributed by atoms with Gasteiger partial charge in [0.15, 0.2) is 0 Å². The number of rotatable bonds is 3. The van der Waals surface area contributed by atoms with E-state index in [0.29, 0.717) is 11.1 Å². The van der Waals surface area contributed by atoms with Crippen LogP contribution < -0.4 is 5.32 Å². The second-order valence-corrected chi connectivity index (χ2v) is 4.77. The van der Waals surface area contributed by atoms with Gasteiger partial charge < -0.3 is 5.32 Å². The maximum absolute atomic E-state index is 13.5. The summed E-state index contributed by atoms with van der Waals surface area (Å²) >= 11 is 6.05. The Hall–Kier alpha value is -1.45. The van der Waals surface area contributed by atoms with E-state index in [0.717, 1.165) is 5.56 Å².